The molecule has 0 aromatic heterocycles. The average Bonchev–Trinajstić information content (AvgIpc) is 3.05. The number of anilines is 1. The number of carbonyl (C=O) groups is 4. The number of esters is 1. The summed E-state index contributed by atoms with van der Waals surface area (Å²) in [6.07, 6.45) is 1.96. The molecule has 0 aliphatic carbocycles. The minimum absolute atomic E-state index is 0.00693. The highest BCUT2D eigenvalue weighted by Gasteiger charge is 2.28. The van der Waals surface area contributed by atoms with E-state index in [2.05, 4.69) is 10.6 Å². The quantitative estimate of drug-likeness (QED) is 0.410. The lowest BCUT2D eigenvalue weighted by molar-refractivity contribution is -0.125. The minimum atomic E-state index is -0.639. The molecule has 0 saturated carbocycles. The predicted molar refractivity (Wildman–Crippen MR) is 108 cm³/mol. The highest BCUT2D eigenvalue weighted by Crippen LogP contribution is 2.17. The van der Waals surface area contributed by atoms with Gasteiger partial charge in [0.1, 0.15) is 0 Å². The Morgan fingerprint density at radius 3 is 2.38 bits per heavy atom. The van der Waals surface area contributed by atoms with Crippen LogP contribution in [0.3, 0.4) is 0 Å². The molecule has 0 atom stereocenters. The van der Waals surface area contributed by atoms with Gasteiger partial charge in [-0.25, -0.2) is 9.59 Å². The van der Waals surface area contributed by atoms with Crippen molar-refractivity contribution in [3.63, 3.8) is 0 Å². The number of thioether (sulfide) groups is 1. The van der Waals surface area contributed by atoms with Gasteiger partial charge in [-0.2, -0.15) is 0 Å². The number of rotatable bonds is 7. The standard InChI is InChI=1S/C20H19N3O5S/c1-29-16-8-6-15(7-9-16)22-17(24)12-28-19(26)14-4-2-13(3-5-14)11-23-18(25)10-21-20(23)27/h2-9H,10-12H2,1H3,(H,21,27)(H,22,24). The molecule has 1 fully saturated rings. The SMILES string of the molecule is CSc1ccc(NC(=O)COC(=O)c2ccc(CN3C(=O)CNC3=O)cc2)cc1. The number of urea groups is 1. The molecule has 0 spiro atoms. The van der Waals surface area contributed by atoms with Crippen LogP contribution in [0, 0.1) is 0 Å². The molecule has 0 radical (unpaired) electrons. The number of nitrogens with one attached hydrogen (secondary N) is 2. The number of nitrogens with zero attached hydrogens (tertiary/aromatic N) is 1. The van der Waals surface area contributed by atoms with Crippen LogP contribution >= 0.6 is 11.8 Å². The van der Waals surface area contributed by atoms with Gasteiger partial charge in [0, 0.05) is 10.6 Å². The van der Waals surface area contributed by atoms with Gasteiger partial charge in [0.15, 0.2) is 6.61 Å². The lowest BCUT2D eigenvalue weighted by Gasteiger charge is -2.12. The van der Waals surface area contributed by atoms with E-state index >= 15 is 0 Å². The van der Waals surface area contributed by atoms with Crippen molar-refractivity contribution >= 4 is 41.3 Å². The van der Waals surface area contributed by atoms with Crippen molar-refractivity contribution < 1.29 is 23.9 Å². The van der Waals surface area contributed by atoms with E-state index in [-0.39, 0.29) is 24.6 Å². The van der Waals surface area contributed by atoms with Crippen LogP contribution in [-0.2, 0) is 20.9 Å². The highest BCUT2D eigenvalue weighted by molar-refractivity contribution is 7.98. The zero-order valence-electron chi connectivity index (χ0n) is 15.6. The number of hydrogen-bond donors (Lipinski definition) is 2. The zero-order valence-corrected chi connectivity index (χ0v) is 16.5. The summed E-state index contributed by atoms with van der Waals surface area (Å²) in [5.41, 5.74) is 1.58. The van der Waals surface area contributed by atoms with Crippen LogP contribution < -0.4 is 10.6 Å². The lowest BCUT2D eigenvalue weighted by Crippen LogP contribution is -2.30. The number of ether oxygens (including phenoxy) is 1. The van der Waals surface area contributed by atoms with Crippen molar-refractivity contribution in [3.8, 4) is 0 Å². The molecule has 0 bridgehead atoms. The summed E-state index contributed by atoms with van der Waals surface area (Å²) < 4.78 is 5.03. The average molecular weight is 413 g/mol. The first-order valence-electron chi connectivity index (χ1n) is 8.74. The molecule has 1 aliphatic heterocycles. The molecule has 1 heterocycles. The maximum Gasteiger partial charge on any atom is 0.338 e. The fourth-order valence-electron chi connectivity index (χ4n) is 2.63. The second-order valence-electron chi connectivity index (χ2n) is 6.19. The van der Waals surface area contributed by atoms with Crippen LogP contribution in [0.2, 0.25) is 0 Å². The van der Waals surface area contributed by atoms with Gasteiger partial charge >= 0.3 is 12.0 Å². The first-order valence-corrected chi connectivity index (χ1v) is 9.97. The van der Waals surface area contributed by atoms with Crippen molar-refractivity contribution in [1.29, 1.82) is 0 Å². The largest absolute Gasteiger partial charge is 0.452 e. The van der Waals surface area contributed by atoms with Gasteiger partial charge in [0.05, 0.1) is 18.7 Å². The van der Waals surface area contributed by atoms with E-state index in [0.29, 0.717) is 11.3 Å². The van der Waals surface area contributed by atoms with Crippen LogP contribution in [0.25, 0.3) is 0 Å². The van der Waals surface area contributed by atoms with Crippen molar-refractivity contribution in [2.24, 2.45) is 0 Å². The molecule has 4 amide bonds. The Morgan fingerprint density at radius 2 is 1.79 bits per heavy atom. The molecule has 2 aromatic carbocycles. The third-order valence-corrected chi connectivity index (χ3v) is 4.92. The number of hydrogen-bond acceptors (Lipinski definition) is 6. The van der Waals surface area contributed by atoms with Crippen LogP contribution in [0.4, 0.5) is 10.5 Å². The van der Waals surface area contributed by atoms with E-state index in [4.69, 9.17) is 4.74 Å². The Bertz CT molecular complexity index is 912. The van der Waals surface area contributed by atoms with Crippen LogP contribution in [-0.4, -0.2) is 48.1 Å². The Kier molecular flexibility index (Phi) is 6.50. The van der Waals surface area contributed by atoms with Crippen molar-refractivity contribution in [2.75, 3.05) is 24.7 Å². The van der Waals surface area contributed by atoms with Crippen LogP contribution in [0.1, 0.15) is 15.9 Å². The molecule has 29 heavy (non-hydrogen) atoms. The summed E-state index contributed by atoms with van der Waals surface area (Å²) >= 11 is 1.60. The van der Waals surface area contributed by atoms with Gasteiger partial charge in [-0.1, -0.05) is 12.1 Å². The van der Waals surface area contributed by atoms with Crippen molar-refractivity contribution in [2.45, 2.75) is 11.4 Å². The Morgan fingerprint density at radius 1 is 1.10 bits per heavy atom. The zero-order chi connectivity index (χ0) is 20.8. The first kappa shape index (κ1) is 20.4. The number of carbonyl (C=O) groups excluding carboxylic acids is 4. The third-order valence-electron chi connectivity index (χ3n) is 4.18. The van der Waals surface area contributed by atoms with Crippen molar-refractivity contribution in [1.82, 2.24) is 10.2 Å². The monoisotopic (exact) mass is 413 g/mol. The molecule has 2 N–H and O–H groups in total. The van der Waals surface area contributed by atoms with E-state index in [1.54, 1.807) is 36.0 Å². The van der Waals surface area contributed by atoms with Crippen LogP contribution in [0.5, 0.6) is 0 Å². The Labute approximate surface area is 171 Å². The van der Waals surface area contributed by atoms with Gasteiger partial charge < -0.3 is 15.4 Å². The van der Waals surface area contributed by atoms with Gasteiger partial charge in [0.2, 0.25) is 5.91 Å². The van der Waals surface area contributed by atoms with E-state index in [9.17, 15) is 19.2 Å². The molecule has 8 nitrogen and oxygen atoms in total. The Hall–Kier alpha value is -3.33. The number of amides is 4. The van der Waals surface area contributed by atoms with Gasteiger partial charge in [-0.05, 0) is 48.2 Å². The molecule has 1 aliphatic rings. The van der Waals surface area contributed by atoms with Gasteiger partial charge in [-0.3, -0.25) is 14.5 Å². The first-order chi connectivity index (χ1) is 14.0. The maximum absolute atomic E-state index is 12.1. The minimum Gasteiger partial charge on any atom is -0.452 e. The van der Waals surface area contributed by atoms with Gasteiger partial charge in [0.25, 0.3) is 5.91 Å². The second kappa shape index (κ2) is 9.24. The molecule has 9 heteroatoms. The second-order valence-corrected chi connectivity index (χ2v) is 7.07. The molecule has 2 aromatic rings. The smallest absolute Gasteiger partial charge is 0.338 e. The lowest BCUT2D eigenvalue weighted by atomic mass is 10.1. The highest BCUT2D eigenvalue weighted by atomic mass is 32.2. The number of benzene rings is 2. The third kappa shape index (κ3) is 5.35. The molecule has 3 rings (SSSR count). The summed E-state index contributed by atoms with van der Waals surface area (Å²) in [5, 5.41) is 5.10. The fourth-order valence-corrected chi connectivity index (χ4v) is 3.04. The summed E-state index contributed by atoms with van der Waals surface area (Å²) in [6, 6.07) is 13.2. The van der Waals surface area contributed by atoms with E-state index in [0.717, 1.165) is 9.80 Å². The Balaban J connectivity index is 1.49. The van der Waals surface area contributed by atoms with Crippen molar-refractivity contribution in [3.05, 3.63) is 59.7 Å². The predicted octanol–water partition coefficient (Wildman–Crippen LogP) is 2.26. The summed E-state index contributed by atoms with van der Waals surface area (Å²) in [7, 11) is 0. The van der Waals surface area contributed by atoms with E-state index < -0.39 is 24.5 Å². The fraction of sp³-hybridized carbons (Fsp3) is 0.200. The van der Waals surface area contributed by atoms with Crippen LogP contribution in [0.15, 0.2) is 53.4 Å². The molecule has 0 unspecified atom stereocenters. The summed E-state index contributed by atoms with van der Waals surface area (Å²) in [4.78, 5) is 49.4. The molecule has 150 valence electrons. The van der Waals surface area contributed by atoms with E-state index in [1.807, 2.05) is 18.4 Å². The maximum atomic E-state index is 12.1. The van der Waals surface area contributed by atoms with Gasteiger partial charge in [-0.15, -0.1) is 11.8 Å². The molecule has 1 saturated heterocycles. The summed E-state index contributed by atoms with van der Waals surface area (Å²) in [5.74, 6) is -1.38. The topological polar surface area (TPSA) is 105 Å². The van der Waals surface area contributed by atoms with E-state index in [1.165, 1.54) is 12.1 Å². The molecular weight excluding hydrogens is 394 g/mol. The normalized spacial score (nSPS) is 13.2. The molecular formula is C20H19N3O5S. The number of imide groups is 1. The summed E-state index contributed by atoms with van der Waals surface area (Å²) in [6.45, 7) is -0.294.